The first-order valence-corrected chi connectivity index (χ1v) is 12.1. The largest absolute Gasteiger partial charge is 0.483 e. The normalized spacial score (nSPS) is 14.1. The molecule has 37 heavy (non-hydrogen) atoms. The standard InChI is InChI=1S/C26H19ClFN3O5S/c27-19-6-2-3-7-20(19)30-23(32)14-31-25(34)22(37-26(31)35)13-16-5-1-4-8-21(16)36-15-24(33)29-18-11-9-17(28)10-12-18/h1-13H,14-15H2,(H,29,33)(H,30,32)/b22-13+. The van der Waals surface area contributed by atoms with Crippen molar-refractivity contribution in [2.45, 2.75) is 0 Å². The Morgan fingerprint density at radius 3 is 2.41 bits per heavy atom. The Balaban J connectivity index is 1.40. The number of carbonyl (C=O) groups excluding carboxylic acids is 4. The van der Waals surface area contributed by atoms with Crippen molar-refractivity contribution in [2.75, 3.05) is 23.8 Å². The lowest BCUT2D eigenvalue weighted by Crippen LogP contribution is -2.36. The second kappa shape index (κ2) is 11.7. The quantitative estimate of drug-likeness (QED) is 0.383. The van der Waals surface area contributed by atoms with E-state index in [0.717, 1.165) is 4.90 Å². The smallest absolute Gasteiger partial charge is 0.294 e. The number of nitrogens with one attached hydrogen (secondary N) is 2. The van der Waals surface area contributed by atoms with E-state index in [9.17, 15) is 23.6 Å². The lowest BCUT2D eigenvalue weighted by Gasteiger charge is -2.13. The van der Waals surface area contributed by atoms with E-state index in [1.54, 1.807) is 48.5 Å². The van der Waals surface area contributed by atoms with Crippen molar-refractivity contribution in [2.24, 2.45) is 0 Å². The van der Waals surface area contributed by atoms with Crippen LogP contribution >= 0.6 is 23.4 Å². The number of rotatable bonds is 8. The lowest BCUT2D eigenvalue weighted by atomic mass is 10.2. The van der Waals surface area contributed by atoms with Gasteiger partial charge < -0.3 is 15.4 Å². The highest BCUT2D eigenvalue weighted by Crippen LogP contribution is 2.34. The van der Waals surface area contributed by atoms with E-state index in [1.165, 1.54) is 30.3 Å². The molecule has 1 aliphatic rings. The Hall–Kier alpha value is -4.15. The Morgan fingerprint density at radius 2 is 1.65 bits per heavy atom. The number of ether oxygens (including phenoxy) is 1. The van der Waals surface area contributed by atoms with E-state index in [0.29, 0.717) is 39.5 Å². The van der Waals surface area contributed by atoms with Crippen molar-refractivity contribution in [1.29, 1.82) is 0 Å². The number of halogens is 2. The van der Waals surface area contributed by atoms with E-state index in [4.69, 9.17) is 16.3 Å². The fourth-order valence-electron chi connectivity index (χ4n) is 3.28. The van der Waals surface area contributed by atoms with Gasteiger partial charge in [0.25, 0.3) is 17.1 Å². The lowest BCUT2D eigenvalue weighted by molar-refractivity contribution is -0.127. The van der Waals surface area contributed by atoms with Gasteiger partial charge in [-0.3, -0.25) is 24.1 Å². The number of para-hydroxylation sites is 2. The van der Waals surface area contributed by atoms with Gasteiger partial charge in [-0.1, -0.05) is 41.9 Å². The summed E-state index contributed by atoms with van der Waals surface area (Å²) in [7, 11) is 0. The van der Waals surface area contributed by atoms with Crippen LogP contribution < -0.4 is 15.4 Å². The number of benzene rings is 3. The first-order chi connectivity index (χ1) is 17.8. The summed E-state index contributed by atoms with van der Waals surface area (Å²) in [5.41, 5.74) is 1.24. The molecule has 188 valence electrons. The third kappa shape index (κ3) is 6.75. The van der Waals surface area contributed by atoms with Gasteiger partial charge in [0.05, 0.1) is 15.6 Å². The number of imide groups is 1. The fraction of sp³-hybridized carbons (Fsp3) is 0.0769. The molecule has 1 heterocycles. The highest BCUT2D eigenvalue weighted by molar-refractivity contribution is 8.18. The minimum Gasteiger partial charge on any atom is -0.483 e. The van der Waals surface area contributed by atoms with Crippen LogP contribution in [0.1, 0.15) is 5.56 Å². The monoisotopic (exact) mass is 539 g/mol. The van der Waals surface area contributed by atoms with Crippen molar-refractivity contribution in [3.63, 3.8) is 0 Å². The van der Waals surface area contributed by atoms with Gasteiger partial charge in [0.1, 0.15) is 18.1 Å². The van der Waals surface area contributed by atoms with Gasteiger partial charge in [0, 0.05) is 11.3 Å². The van der Waals surface area contributed by atoms with E-state index >= 15 is 0 Å². The van der Waals surface area contributed by atoms with Crippen LogP contribution in [0.3, 0.4) is 0 Å². The van der Waals surface area contributed by atoms with Gasteiger partial charge in [0.15, 0.2) is 6.61 Å². The number of hydrogen-bond donors (Lipinski definition) is 2. The fourth-order valence-corrected chi connectivity index (χ4v) is 4.29. The van der Waals surface area contributed by atoms with Crippen LogP contribution in [0.5, 0.6) is 5.75 Å². The molecule has 0 atom stereocenters. The molecule has 0 aliphatic carbocycles. The second-order valence-corrected chi connectivity index (χ2v) is 9.08. The topological polar surface area (TPSA) is 105 Å². The third-order valence-electron chi connectivity index (χ3n) is 5.02. The van der Waals surface area contributed by atoms with Crippen molar-refractivity contribution in [3.8, 4) is 5.75 Å². The molecule has 3 aromatic carbocycles. The summed E-state index contributed by atoms with van der Waals surface area (Å²) in [5, 5.41) is 4.90. The van der Waals surface area contributed by atoms with E-state index < -0.39 is 35.3 Å². The Labute approximate surface area is 220 Å². The van der Waals surface area contributed by atoms with Crippen molar-refractivity contribution in [3.05, 3.63) is 94.1 Å². The van der Waals surface area contributed by atoms with Crippen LogP contribution in [0.2, 0.25) is 5.02 Å². The van der Waals surface area contributed by atoms with Gasteiger partial charge in [-0.25, -0.2) is 4.39 Å². The zero-order valence-corrected chi connectivity index (χ0v) is 20.6. The number of thioether (sulfide) groups is 1. The number of anilines is 2. The van der Waals surface area contributed by atoms with Crippen LogP contribution in [0.25, 0.3) is 6.08 Å². The summed E-state index contributed by atoms with van der Waals surface area (Å²) in [6, 6.07) is 18.6. The van der Waals surface area contributed by atoms with Crippen molar-refractivity contribution >= 4 is 63.8 Å². The van der Waals surface area contributed by atoms with Gasteiger partial charge in [-0.2, -0.15) is 0 Å². The average molecular weight is 540 g/mol. The first-order valence-electron chi connectivity index (χ1n) is 10.9. The molecule has 0 saturated carbocycles. The Bertz CT molecular complexity index is 1400. The molecular formula is C26H19ClFN3O5S. The minimum atomic E-state index is -0.631. The highest BCUT2D eigenvalue weighted by Gasteiger charge is 2.36. The predicted molar refractivity (Wildman–Crippen MR) is 140 cm³/mol. The molecule has 3 aromatic rings. The molecule has 8 nitrogen and oxygen atoms in total. The molecule has 4 amide bonds. The molecular weight excluding hydrogens is 521 g/mol. The summed E-state index contributed by atoms with van der Waals surface area (Å²) in [5.74, 6) is -1.79. The van der Waals surface area contributed by atoms with Crippen LogP contribution in [0, 0.1) is 5.82 Å². The maximum absolute atomic E-state index is 13.0. The molecule has 1 fully saturated rings. The van der Waals surface area contributed by atoms with E-state index in [-0.39, 0.29) is 11.5 Å². The number of amides is 4. The molecule has 11 heteroatoms. The number of carbonyl (C=O) groups is 4. The molecule has 0 bridgehead atoms. The molecule has 0 unspecified atom stereocenters. The average Bonchev–Trinajstić information content (AvgIpc) is 3.13. The molecule has 0 radical (unpaired) electrons. The Morgan fingerprint density at radius 1 is 0.946 bits per heavy atom. The van der Waals surface area contributed by atoms with E-state index in [1.807, 2.05) is 0 Å². The van der Waals surface area contributed by atoms with Crippen LogP contribution in [-0.2, 0) is 14.4 Å². The number of hydrogen-bond acceptors (Lipinski definition) is 6. The molecule has 1 saturated heterocycles. The van der Waals surface area contributed by atoms with Gasteiger partial charge >= 0.3 is 0 Å². The molecule has 2 N–H and O–H groups in total. The van der Waals surface area contributed by atoms with Crippen LogP contribution in [0.4, 0.5) is 20.6 Å². The maximum atomic E-state index is 13.0. The number of nitrogens with zero attached hydrogens (tertiary/aromatic N) is 1. The minimum absolute atomic E-state index is 0.0994. The zero-order valence-electron chi connectivity index (χ0n) is 19.1. The third-order valence-corrected chi connectivity index (χ3v) is 6.25. The summed E-state index contributed by atoms with van der Waals surface area (Å²) >= 11 is 6.73. The SMILES string of the molecule is O=C(COc1ccccc1/C=C1/SC(=O)N(CC(=O)Nc2ccccc2Cl)C1=O)Nc1ccc(F)cc1. The molecule has 4 rings (SSSR count). The summed E-state index contributed by atoms with van der Waals surface area (Å²) in [6.45, 7) is -0.819. The van der Waals surface area contributed by atoms with Gasteiger partial charge in [0.2, 0.25) is 5.91 Å². The maximum Gasteiger partial charge on any atom is 0.294 e. The molecule has 0 spiro atoms. The van der Waals surface area contributed by atoms with Crippen molar-refractivity contribution in [1.82, 2.24) is 4.90 Å². The second-order valence-electron chi connectivity index (χ2n) is 7.68. The van der Waals surface area contributed by atoms with E-state index in [2.05, 4.69) is 10.6 Å². The van der Waals surface area contributed by atoms with Crippen LogP contribution in [0.15, 0.2) is 77.7 Å². The summed E-state index contributed by atoms with van der Waals surface area (Å²) in [6.07, 6.45) is 1.46. The van der Waals surface area contributed by atoms with Gasteiger partial charge in [-0.15, -0.1) is 0 Å². The predicted octanol–water partition coefficient (Wildman–Crippen LogP) is 5.17. The molecule has 1 aliphatic heterocycles. The Kier molecular flexibility index (Phi) is 8.22. The highest BCUT2D eigenvalue weighted by atomic mass is 35.5. The van der Waals surface area contributed by atoms with Crippen molar-refractivity contribution < 1.29 is 28.3 Å². The zero-order chi connectivity index (χ0) is 26.4. The summed E-state index contributed by atoms with van der Waals surface area (Å²) in [4.78, 5) is 50.9. The summed E-state index contributed by atoms with van der Waals surface area (Å²) < 4.78 is 18.6. The van der Waals surface area contributed by atoms with Gasteiger partial charge in [-0.05, 0) is 60.3 Å². The molecule has 0 aromatic heterocycles. The van der Waals surface area contributed by atoms with Crippen LogP contribution in [-0.4, -0.2) is 41.0 Å². The first kappa shape index (κ1) is 25.9.